The normalized spacial score (nSPS) is 34.2. The Morgan fingerprint density at radius 2 is 1.78 bits per heavy atom. The zero-order valence-corrected chi connectivity index (χ0v) is 6.89. The monoisotopic (exact) mass is 146 g/mol. The fourth-order valence-electron chi connectivity index (χ4n) is 0.980. The number of alkyl halides is 1. The van der Waals surface area contributed by atoms with Crippen LogP contribution >= 0.6 is 11.6 Å². The topological polar surface area (TPSA) is 0 Å². The van der Waals surface area contributed by atoms with Gasteiger partial charge in [0, 0.05) is 0 Å². The van der Waals surface area contributed by atoms with Crippen LogP contribution in [0.4, 0.5) is 0 Å². The standard InChI is InChI=1S/C7H13ClN/c1-9(2,3)7-5-4-6(7)8/h4-7H,1-3H3/q+1. The number of hydrogen-bond donors (Lipinski definition) is 0. The van der Waals surface area contributed by atoms with Crippen LogP contribution in [0.2, 0.25) is 0 Å². The van der Waals surface area contributed by atoms with Gasteiger partial charge < -0.3 is 4.48 Å². The van der Waals surface area contributed by atoms with Gasteiger partial charge in [0.25, 0.3) is 0 Å². The minimum absolute atomic E-state index is 0.255. The fraction of sp³-hybridized carbons (Fsp3) is 0.714. The molecule has 52 valence electrons. The van der Waals surface area contributed by atoms with E-state index >= 15 is 0 Å². The van der Waals surface area contributed by atoms with Crippen molar-refractivity contribution in [1.29, 1.82) is 0 Å². The molecule has 0 radical (unpaired) electrons. The molecule has 0 bridgehead atoms. The Morgan fingerprint density at radius 3 is 1.78 bits per heavy atom. The summed E-state index contributed by atoms with van der Waals surface area (Å²) in [4.78, 5) is 0. The van der Waals surface area contributed by atoms with Crippen LogP contribution in [-0.2, 0) is 0 Å². The number of hydrogen-bond acceptors (Lipinski definition) is 0. The first-order chi connectivity index (χ1) is 4.02. The predicted octanol–water partition coefficient (Wildman–Crippen LogP) is 1.24. The summed E-state index contributed by atoms with van der Waals surface area (Å²) in [5.74, 6) is 0. The molecule has 0 aromatic carbocycles. The number of rotatable bonds is 1. The third-order valence-electron chi connectivity index (χ3n) is 1.71. The van der Waals surface area contributed by atoms with Crippen molar-refractivity contribution in [2.45, 2.75) is 11.4 Å². The van der Waals surface area contributed by atoms with Gasteiger partial charge in [0.1, 0.15) is 11.4 Å². The quantitative estimate of drug-likeness (QED) is 0.297. The molecule has 2 heteroatoms. The summed E-state index contributed by atoms with van der Waals surface area (Å²) >= 11 is 5.90. The van der Waals surface area contributed by atoms with Crippen molar-refractivity contribution in [2.24, 2.45) is 0 Å². The van der Waals surface area contributed by atoms with Gasteiger partial charge in [0.2, 0.25) is 0 Å². The molecule has 1 nitrogen and oxygen atoms in total. The van der Waals surface area contributed by atoms with Crippen LogP contribution in [-0.4, -0.2) is 37.0 Å². The lowest BCUT2D eigenvalue weighted by Gasteiger charge is -2.38. The molecule has 0 N–H and O–H groups in total. The highest BCUT2D eigenvalue weighted by Crippen LogP contribution is 2.23. The molecule has 0 saturated carbocycles. The van der Waals surface area contributed by atoms with Crippen molar-refractivity contribution in [2.75, 3.05) is 21.1 Å². The van der Waals surface area contributed by atoms with E-state index in [0.717, 1.165) is 4.48 Å². The Kier molecular flexibility index (Phi) is 1.57. The van der Waals surface area contributed by atoms with Crippen LogP contribution in [0.1, 0.15) is 0 Å². The highest BCUT2D eigenvalue weighted by molar-refractivity contribution is 6.23. The maximum absolute atomic E-state index is 5.90. The van der Waals surface area contributed by atoms with E-state index in [4.69, 9.17) is 11.6 Å². The molecule has 0 aliphatic heterocycles. The zero-order chi connectivity index (χ0) is 7.07. The summed E-state index contributed by atoms with van der Waals surface area (Å²) in [7, 11) is 6.47. The predicted molar refractivity (Wildman–Crippen MR) is 40.6 cm³/mol. The molecule has 0 amide bonds. The summed E-state index contributed by atoms with van der Waals surface area (Å²) in [5.41, 5.74) is 0. The summed E-state index contributed by atoms with van der Waals surface area (Å²) in [5, 5.41) is 0.255. The smallest absolute Gasteiger partial charge is 0.127 e. The van der Waals surface area contributed by atoms with Crippen molar-refractivity contribution in [3.8, 4) is 0 Å². The minimum Gasteiger partial charge on any atom is -0.324 e. The first-order valence-electron chi connectivity index (χ1n) is 3.15. The second-order valence-corrected chi connectivity index (χ2v) is 3.94. The van der Waals surface area contributed by atoms with E-state index in [9.17, 15) is 0 Å². The number of nitrogens with zero attached hydrogens (tertiary/aromatic N) is 1. The van der Waals surface area contributed by atoms with Gasteiger partial charge in [-0.3, -0.25) is 0 Å². The van der Waals surface area contributed by atoms with Gasteiger partial charge in [0.05, 0.1) is 21.1 Å². The van der Waals surface area contributed by atoms with E-state index in [1.807, 2.05) is 6.08 Å². The van der Waals surface area contributed by atoms with Gasteiger partial charge in [-0.05, 0) is 6.08 Å². The molecule has 0 fully saturated rings. The third-order valence-corrected chi connectivity index (χ3v) is 2.12. The Morgan fingerprint density at radius 1 is 1.22 bits per heavy atom. The van der Waals surface area contributed by atoms with E-state index in [1.54, 1.807) is 0 Å². The Labute approximate surface area is 61.5 Å². The van der Waals surface area contributed by atoms with Crippen LogP contribution in [0.3, 0.4) is 0 Å². The molecule has 2 unspecified atom stereocenters. The van der Waals surface area contributed by atoms with Crippen molar-refractivity contribution in [3.63, 3.8) is 0 Å². The summed E-state index contributed by atoms with van der Waals surface area (Å²) < 4.78 is 0.935. The molecule has 0 aromatic heterocycles. The largest absolute Gasteiger partial charge is 0.324 e. The average molecular weight is 147 g/mol. The molecule has 0 spiro atoms. The maximum Gasteiger partial charge on any atom is 0.127 e. The van der Waals surface area contributed by atoms with E-state index in [-0.39, 0.29) is 5.38 Å². The first-order valence-corrected chi connectivity index (χ1v) is 3.59. The van der Waals surface area contributed by atoms with Crippen molar-refractivity contribution >= 4 is 11.6 Å². The number of quaternary nitrogens is 1. The van der Waals surface area contributed by atoms with Crippen LogP contribution in [0.25, 0.3) is 0 Å². The SMILES string of the molecule is C[N+](C)(C)C1C=CC1Cl. The summed E-state index contributed by atoms with van der Waals surface area (Å²) in [6, 6.07) is 0.520. The van der Waals surface area contributed by atoms with E-state index in [1.165, 1.54) is 0 Å². The third kappa shape index (κ3) is 1.28. The minimum atomic E-state index is 0.255. The molecule has 1 aliphatic carbocycles. The first kappa shape index (κ1) is 7.10. The van der Waals surface area contributed by atoms with Crippen LogP contribution < -0.4 is 0 Å². The lowest BCUT2D eigenvalue weighted by molar-refractivity contribution is -0.889. The second-order valence-electron chi connectivity index (χ2n) is 3.44. The van der Waals surface area contributed by atoms with Gasteiger partial charge >= 0.3 is 0 Å². The second kappa shape index (κ2) is 1.99. The highest BCUT2D eigenvalue weighted by atomic mass is 35.5. The molecule has 1 rings (SSSR count). The van der Waals surface area contributed by atoms with Crippen LogP contribution in [0.5, 0.6) is 0 Å². The van der Waals surface area contributed by atoms with Crippen molar-refractivity contribution < 1.29 is 4.48 Å². The van der Waals surface area contributed by atoms with Crippen LogP contribution in [0, 0.1) is 0 Å². The van der Waals surface area contributed by atoms with Gasteiger partial charge in [-0.25, -0.2) is 0 Å². The molecule has 0 heterocycles. The van der Waals surface area contributed by atoms with Crippen molar-refractivity contribution in [3.05, 3.63) is 12.2 Å². The Hall–Kier alpha value is -0.0100. The summed E-state index contributed by atoms with van der Waals surface area (Å²) in [6.07, 6.45) is 4.20. The summed E-state index contributed by atoms with van der Waals surface area (Å²) in [6.45, 7) is 0. The van der Waals surface area contributed by atoms with Gasteiger partial charge in [0.15, 0.2) is 0 Å². The van der Waals surface area contributed by atoms with Gasteiger partial charge in [-0.15, -0.1) is 11.6 Å². The lowest BCUT2D eigenvalue weighted by Crippen LogP contribution is -2.51. The molecule has 0 aromatic rings. The number of likely N-dealkylation sites (N-methyl/N-ethyl adjacent to an activating group) is 1. The van der Waals surface area contributed by atoms with E-state index in [2.05, 4.69) is 27.2 Å². The van der Waals surface area contributed by atoms with Crippen LogP contribution in [0.15, 0.2) is 12.2 Å². The van der Waals surface area contributed by atoms with Gasteiger partial charge in [-0.1, -0.05) is 6.08 Å². The molecular weight excluding hydrogens is 134 g/mol. The van der Waals surface area contributed by atoms with E-state index in [0.29, 0.717) is 6.04 Å². The van der Waals surface area contributed by atoms with E-state index < -0.39 is 0 Å². The van der Waals surface area contributed by atoms with Gasteiger partial charge in [-0.2, -0.15) is 0 Å². The van der Waals surface area contributed by atoms with Crippen molar-refractivity contribution in [1.82, 2.24) is 0 Å². The molecule has 0 saturated heterocycles. The lowest BCUT2D eigenvalue weighted by atomic mass is 10.0. The fourth-order valence-corrected chi connectivity index (χ4v) is 1.49. The Bertz CT molecular complexity index is 134. The maximum atomic E-state index is 5.90. The number of halogens is 1. The zero-order valence-electron chi connectivity index (χ0n) is 6.13. The highest BCUT2D eigenvalue weighted by Gasteiger charge is 2.33. The molecule has 2 atom stereocenters. The Balaban J connectivity index is 2.57. The molecule has 1 aliphatic rings. The molecular formula is C7H13ClN+. The average Bonchev–Trinajstić information content (AvgIpc) is 1.57. The molecule has 9 heavy (non-hydrogen) atoms.